The topological polar surface area (TPSA) is 61.6 Å². The van der Waals surface area contributed by atoms with Crippen LogP contribution in [-0.2, 0) is 4.79 Å². The third-order valence-corrected chi connectivity index (χ3v) is 3.09. The molecule has 2 aromatic carbocycles. The van der Waals surface area contributed by atoms with Crippen molar-refractivity contribution in [2.45, 2.75) is 13.0 Å². The van der Waals surface area contributed by atoms with E-state index in [1.807, 2.05) is 0 Å². The minimum Gasteiger partial charge on any atom is -0.493 e. The van der Waals surface area contributed by atoms with Crippen molar-refractivity contribution in [3.63, 3.8) is 0 Å². The van der Waals surface area contributed by atoms with Crippen molar-refractivity contribution in [3.8, 4) is 22.6 Å². The van der Waals surface area contributed by atoms with E-state index in [2.05, 4.69) is 0 Å². The molecule has 2 N–H and O–H groups in total. The highest BCUT2D eigenvalue weighted by molar-refractivity contribution is 5.80. The predicted molar refractivity (Wildman–Crippen MR) is 77.6 cm³/mol. The Kier molecular flexibility index (Phi) is 4.60. The van der Waals surface area contributed by atoms with Gasteiger partial charge >= 0.3 is 0 Å². The second-order valence-corrected chi connectivity index (χ2v) is 4.63. The van der Waals surface area contributed by atoms with Crippen LogP contribution >= 0.6 is 0 Å². The fourth-order valence-electron chi connectivity index (χ4n) is 2.01. The summed E-state index contributed by atoms with van der Waals surface area (Å²) in [4.78, 5) is 11.1. The number of hydrogen-bond acceptors (Lipinski definition) is 3. The van der Waals surface area contributed by atoms with Gasteiger partial charge in [0, 0.05) is 17.2 Å². The van der Waals surface area contributed by atoms with Crippen molar-refractivity contribution in [2.24, 2.45) is 5.73 Å². The van der Waals surface area contributed by atoms with E-state index in [9.17, 15) is 13.6 Å². The minimum absolute atomic E-state index is 0.107. The number of methoxy groups -OCH3 is 1. The number of halogens is 2. The molecule has 22 heavy (non-hydrogen) atoms. The zero-order valence-corrected chi connectivity index (χ0v) is 12.1. The molecule has 0 heterocycles. The van der Waals surface area contributed by atoms with Crippen LogP contribution in [0.5, 0.6) is 11.5 Å². The summed E-state index contributed by atoms with van der Waals surface area (Å²) in [5.41, 5.74) is 5.75. The number of carbonyl (C=O) groups excluding carboxylic acids is 1. The lowest BCUT2D eigenvalue weighted by molar-refractivity contribution is -0.123. The maximum Gasteiger partial charge on any atom is 0.258 e. The Hall–Kier alpha value is -2.63. The number of nitrogens with two attached hydrogens (primary N) is 1. The number of hydrogen-bond donors (Lipinski definition) is 1. The quantitative estimate of drug-likeness (QED) is 0.924. The standard InChI is InChI=1S/C16H15F2NO3/c1-9(16(19)20)22-14-6-4-3-5-11(14)12-7-10(17)8-13(18)15(12)21-2/h3-9H,1-2H3,(H2,19,20)/t9-/m0/s1. The molecule has 0 bridgehead atoms. The fraction of sp³-hybridized carbons (Fsp3) is 0.188. The van der Waals surface area contributed by atoms with Crippen LogP contribution in [0.2, 0.25) is 0 Å². The fourth-order valence-corrected chi connectivity index (χ4v) is 2.01. The summed E-state index contributed by atoms with van der Waals surface area (Å²) in [5.74, 6) is -2.05. The molecule has 1 amide bonds. The largest absolute Gasteiger partial charge is 0.493 e. The van der Waals surface area contributed by atoms with Crippen LogP contribution in [0, 0.1) is 11.6 Å². The number of rotatable bonds is 5. The highest BCUT2D eigenvalue weighted by Gasteiger charge is 2.19. The van der Waals surface area contributed by atoms with Gasteiger partial charge in [0.05, 0.1) is 7.11 Å². The molecule has 0 aliphatic carbocycles. The van der Waals surface area contributed by atoms with Gasteiger partial charge in [-0.3, -0.25) is 4.79 Å². The number of ether oxygens (including phenoxy) is 2. The molecule has 116 valence electrons. The highest BCUT2D eigenvalue weighted by atomic mass is 19.1. The SMILES string of the molecule is COc1c(F)cc(F)cc1-c1ccccc1O[C@@H](C)C(N)=O. The van der Waals surface area contributed by atoms with Crippen molar-refractivity contribution in [3.05, 3.63) is 48.0 Å². The molecule has 6 heteroatoms. The van der Waals surface area contributed by atoms with Gasteiger partial charge in [-0.1, -0.05) is 18.2 Å². The number of primary amides is 1. The molecule has 0 aliphatic heterocycles. The van der Waals surface area contributed by atoms with Crippen LogP contribution in [-0.4, -0.2) is 19.1 Å². The molecule has 1 atom stereocenters. The van der Waals surface area contributed by atoms with Gasteiger partial charge in [0.2, 0.25) is 0 Å². The molecule has 0 aromatic heterocycles. The first-order chi connectivity index (χ1) is 10.4. The van der Waals surface area contributed by atoms with Crippen LogP contribution in [0.25, 0.3) is 11.1 Å². The maximum absolute atomic E-state index is 13.8. The van der Waals surface area contributed by atoms with E-state index in [-0.39, 0.29) is 17.1 Å². The molecule has 0 aliphatic rings. The monoisotopic (exact) mass is 307 g/mol. The van der Waals surface area contributed by atoms with Crippen LogP contribution in [0.3, 0.4) is 0 Å². The van der Waals surface area contributed by atoms with Gasteiger partial charge in [-0.15, -0.1) is 0 Å². The summed E-state index contributed by atoms with van der Waals surface area (Å²) in [6.45, 7) is 1.49. The molecule has 2 rings (SSSR count). The lowest BCUT2D eigenvalue weighted by Crippen LogP contribution is -2.30. The van der Waals surface area contributed by atoms with Gasteiger partial charge in [0.25, 0.3) is 5.91 Å². The summed E-state index contributed by atoms with van der Waals surface area (Å²) in [5, 5.41) is 0. The Morgan fingerprint density at radius 1 is 1.18 bits per heavy atom. The lowest BCUT2D eigenvalue weighted by atomic mass is 10.0. The first-order valence-electron chi connectivity index (χ1n) is 6.52. The zero-order valence-electron chi connectivity index (χ0n) is 12.1. The van der Waals surface area contributed by atoms with Gasteiger partial charge in [0.15, 0.2) is 17.7 Å². The summed E-state index contributed by atoms with van der Waals surface area (Å²) in [6.07, 6.45) is -0.884. The average Bonchev–Trinajstić information content (AvgIpc) is 2.47. The molecule has 0 unspecified atom stereocenters. The van der Waals surface area contributed by atoms with E-state index in [1.54, 1.807) is 24.3 Å². The second kappa shape index (κ2) is 6.43. The summed E-state index contributed by atoms with van der Waals surface area (Å²) in [7, 11) is 1.29. The molecular formula is C16H15F2NO3. The highest BCUT2D eigenvalue weighted by Crippen LogP contribution is 2.38. The third kappa shape index (κ3) is 3.16. The van der Waals surface area contributed by atoms with Crippen LogP contribution in [0.4, 0.5) is 8.78 Å². The van der Waals surface area contributed by atoms with Crippen LogP contribution < -0.4 is 15.2 Å². The minimum atomic E-state index is -0.884. The van der Waals surface area contributed by atoms with Crippen molar-refractivity contribution in [2.75, 3.05) is 7.11 Å². The predicted octanol–water partition coefficient (Wildman–Crippen LogP) is 2.89. The molecule has 0 saturated heterocycles. The van der Waals surface area contributed by atoms with Crippen molar-refractivity contribution < 1.29 is 23.0 Å². The normalized spacial score (nSPS) is 11.8. The van der Waals surface area contributed by atoms with Gasteiger partial charge in [-0.05, 0) is 19.1 Å². The van der Waals surface area contributed by atoms with Crippen molar-refractivity contribution in [1.29, 1.82) is 0 Å². The molecule has 4 nitrogen and oxygen atoms in total. The Labute approximate surface area is 126 Å². The van der Waals surface area contributed by atoms with E-state index in [1.165, 1.54) is 14.0 Å². The van der Waals surface area contributed by atoms with Gasteiger partial charge in [-0.25, -0.2) is 8.78 Å². The Morgan fingerprint density at radius 3 is 2.50 bits per heavy atom. The number of benzene rings is 2. The Balaban J connectivity index is 2.56. The smallest absolute Gasteiger partial charge is 0.258 e. The molecule has 0 fully saturated rings. The van der Waals surface area contributed by atoms with Gasteiger partial charge in [0.1, 0.15) is 11.6 Å². The van der Waals surface area contributed by atoms with Crippen LogP contribution in [0.1, 0.15) is 6.92 Å². The Morgan fingerprint density at radius 2 is 1.86 bits per heavy atom. The van der Waals surface area contributed by atoms with E-state index >= 15 is 0 Å². The molecular weight excluding hydrogens is 292 g/mol. The lowest BCUT2D eigenvalue weighted by Gasteiger charge is -2.17. The van der Waals surface area contributed by atoms with E-state index in [4.69, 9.17) is 15.2 Å². The molecule has 2 aromatic rings. The van der Waals surface area contributed by atoms with Crippen molar-refractivity contribution in [1.82, 2.24) is 0 Å². The summed E-state index contributed by atoms with van der Waals surface area (Å²) < 4.78 is 37.9. The number of carbonyl (C=O) groups is 1. The number of para-hydroxylation sites is 1. The first-order valence-corrected chi connectivity index (χ1v) is 6.52. The number of amides is 1. The van der Waals surface area contributed by atoms with E-state index in [0.29, 0.717) is 5.56 Å². The molecule has 0 saturated carbocycles. The van der Waals surface area contributed by atoms with Crippen LogP contribution in [0.15, 0.2) is 36.4 Å². The summed E-state index contributed by atoms with van der Waals surface area (Å²) >= 11 is 0. The summed E-state index contributed by atoms with van der Waals surface area (Å²) in [6, 6.07) is 8.42. The zero-order chi connectivity index (χ0) is 16.3. The van der Waals surface area contributed by atoms with Crippen molar-refractivity contribution >= 4 is 5.91 Å². The van der Waals surface area contributed by atoms with Gasteiger partial charge in [-0.2, -0.15) is 0 Å². The molecule has 0 radical (unpaired) electrons. The Bertz CT molecular complexity index is 704. The average molecular weight is 307 g/mol. The third-order valence-electron chi connectivity index (χ3n) is 3.09. The first kappa shape index (κ1) is 15.8. The van der Waals surface area contributed by atoms with Gasteiger partial charge < -0.3 is 15.2 Å². The van der Waals surface area contributed by atoms with E-state index in [0.717, 1.165) is 12.1 Å². The second-order valence-electron chi connectivity index (χ2n) is 4.63. The van der Waals surface area contributed by atoms with E-state index < -0.39 is 23.6 Å². The molecule has 0 spiro atoms. The maximum atomic E-state index is 13.8.